The number of aromatic nitrogens is 1. The van der Waals surface area contributed by atoms with Gasteiger partial charge in [0.05, 0.1) is 6.04 Å². The number of pyridine rings is 1. The van der Waals surface area contributed by atoms with Gasteiger partial charge < -0.3 is 10.2 Å². The van der Waals surface area contributed by atoms with E-state index >= 15 is 0 Å². The molecule has 5 nitrogen and oxygen atoms in total. The number of hydrogen-bond acceptors (Lipinski definition) is 3. The van der Waals surface area contributed by atoms with Gasteiger partial charge in [-0.05, 0) is 31.0 Å². The van der Waals surface area contributed by atoms with Crippen LogP contribution in [0.15, 0.2) is 24.5 Å². The number of nitrogens with one attached hydrogen (secondary N) is 1. The highest BCUT2D eigenvalue weighted by Gasteiger charge is 2.29. The molecule has 0 aromatic carbocycles. The highest BCUT2D eigenvalue weighted by Crippen LogP contribution is 2.19. The molecular weight excluding hydrogens is 242 g/mol. The number of nitrogens with zero attached hydrogens (tertiary/aromatic N) is 2. The third kappa shape index (κ3) is 3.30. The van der Waals surface area contributed by atoms with Crippen molar-refractivity contribution in [1.29, 1.82) is 0 Å². The molecule has 1 aliphatic rings. The first-order valence-electron chi connectivity index (χ1n) is 6.52. The third-order valence-corrected chi connectivity index (χ3v) is 3.60. The molecule has 1 aromatic heterocycles. The second kappa shape index (κ2) is 5.82. The summed E-state index contributed by atoms with van der Waals surface area (Å²) in [4.78, 5) is 29.4. The van der Waals surface area contributed by atoms with E-state index in [1.807, 2.05) is 19.1 Å². The van der Waals surface area contributed by atoms with E-state index in [2.05, 4.69) is 10.3 Å². The van der Waals surface area contributed by atoms with Crippen molar-refractivity contribution in [2.24, 2.45) is 5.92 Å². The Morgan fingerprint density at radius 2 is 2.16 bits per heavy atom. The fourth-order valence-electron chi connectivity index (χ4n) is 2.23. The summed E-state index contributed by atoms with van der Waals surface area (Å²) in [5.41, 5.74) is 1.02. The highest BCUT2D eigenvalue weighted by atomic mass is 16.2. The van der Waals surface area contributed by atoms with E-state index in [1.165, 1.54) is 0 Å². The zero-order chi connectivity index (χ0) is 13.8. The number of hydrogen-bond donors (Lipinski definition) is 1. The number of amides is 2. The average Bonchev–Trinajstić information content (AvgIpc) is 2.42. The van der Waals surface area contributed by atoms with Crippen molar-refractivity contribution in [2.45, 2.75) is 25.8 Å². The van der Waals surface area contributed by atoms with Gasteiger partial charge in [-0.25, -0.2) is 0 Å². The van der Waals surface area contributed by atoms with E-state index in [4.69, 9.17) is 0 Å². The van der Waals surface area contributed by atoms with Crippen LogP contribution in [0.3, 0.4) is 0 Å². The van der Waals surface area contributed by atoms with E-state index in [1.54, 1.807) is 24.3 Å². The summed E-state index contributed by atoms with van der Waals surface area (Å²) in [5, 5.41) is 2.96. The Labute approximate surface area is 113 Å². The van der Waals surface area contributed by atoms with Gasteiger partial charge in [0.15, 0.2) is 0 Å². The topological polar surface area (TPSA) is 62.3 Å². The molecule has 2 atom stereocenters. The van der Waals surface area contributed by atoms with Crippen LogP contribution in [0.2, 0.25) is 0 Å². The highest BCUT2D eigenvalue weighted by molar-refractivity contribution is 5.87. The SMILES string of the molecule is CC(NC(=O)C1CCN(C)C(=O)C1)c1ccncc1. The zero-order valence-corrected chi connectivity index (χ0v) is 11.3. The second-order valence-corrected chi connectivity index (χ2v) is 5.02. The largest absolute Gasteiger partial charge is 0.349 e. The molecule has 1 saturated heterocycles. The summed E-state index contributed by atoms with van der Waals surface area (Å²) in [5.74, 6) is -0.193. The molecule has 2 amide bonds. The molecule has 2 heterocycles. The van der Waals surface area contributed by atoms with Gasteiger partial charge in [0, 0.05) is 38.3 Å². The van der Waals surface area contributed by atoms with Crippen LogP contribution in [-0.2, 0) is 9.59 Å². The van der Waals surface area contributed by atoms with Crippen LogP contribution < -0.4 is 5.32 Å². The quantitative estimate of drug-likeness (QED) is 0.887. The van der Waals surface area contributed by atoms with E-state index in [9.17, 15) is 9.59 Å². The molecule has 2 unspecified atom stereocenters. The van der Waals surface area contributed by atoms with Gasteiger partial charge in [0.1, 0.15) is 0 Å². The standard InChI is InChI=1S/C14H19N3O2/c1-10(11-3-6-15-7-4-11)16-14(19)12-5-8-17(2)13(18)9-12/h3-4,6-7,10,12H,5,8-9H2,1-2H3,(H,16,19). The van der Waals surface area contributed by atoms with Gasteiger partial charge in [-0.3, -0.25) is 14.6 Å². The normalized spacial score (nSPS) is 21.1. The first-order valence-corrected chi connectivity index (χ1v) is 6.52. The molecule has 1 fully saturated rings. The molecule has 1 aromatic rings. The molecule has 0 saturated carbocycles. The molecule has 5 heteroatoms. The van der Waals surface area contributed by atoms with Gasteiger partial charge in [-0.2, -0.15) is 0 Å². The lowest BCUT2D eigenvalue weighted by molar-refractivity contribution is -0.139. The van der Waals surface area contributed by atoms with Crippen LogP contribution in [0.4, 0.5) is 0 Å². The van der Waals surface area contributed by atoms with E-state index in [-0.39, 0.29) is 23.8 Å². The zero-order valence-electron chi connectivity index (χ0n) is 11.3. The summed E-state index contributed by atoms with van der Waals surface area (Å²) in [6.07, 6.45) is 4.46. The van der Waals surface area contributed by atoms with Gasteiger partial charge in [0.2, 0.25) is 11.8 Å². The van der Waals surface area contributed by atoms with Gasteiger partial charge in [0.25, 0.3) is 0 Å². The van der Waals surface area contributed by atoms with Crippen molar-refractivity contribution in [3.63, 3.8) is 0 Å². The smallest absolute Gasteiger partial charge is 0.224 e. The predicted molar refractivity (Wildman–Crippen MR) is 71.2 cm³/mol. The van der Waals surface area contributed by atoms with Crippen LogP contribution >= 0.6 is 0 Å². The molecular formula is C14H19N3O2. The maximum atomic E-state index is 12.1. The summed E-state index contributed by atoms with van der Waals surface area (Å²) < 4.78 is 0. The number of likely N-dealkylation sites (tertiary alicyclic amines) is 1. The van der Waals surface area contributed by atoms with Crippen molar-refractivity contribution < 1.29 is 9.59 Å². The molecule has 1 N–H and O–H groups in total. The van der Waals surface area contributed by atoms with Crippen LogP contribution in [0.1, 0.15) is 31.4 Å². The van der Waals surface area contributed by atoms with Crippen molar-refractivity contribution in [3.8, 4) is 0 Å². The summed E-state index contributed by atoms with van der Waals surface area (Å²) in [6, 6.07) is 3.69. The minimum Gasteiger partial charge on any atom is -0.349 e. The average molecular weight is 261 g/mol. The maximum Gasteiger partial charge on any atom is 0.224 e. The maximum absolute atomic E-state index is 12.1. The summed E-state index contributed by atoms with van der Waals surface area (Å²) >= 11 is 0. The molecule has 0 spiro atoms. The van der Waals surface area contributed by atoms with E-state index < -0.39 is 0 Å². The van der Waals surface area contributed by atoms with Crippen molar-refractivity contribution in [2.75, 3.05) is 13.6 Å². The predicted octanol–water partition coefficient (Wildman–Crippen LogP) is 1.13. The molecule has 102 valence electrons. The summed E-state index contributed by atoms with van der Waals surface area (Å²) in [7, 11) is 1.77. The molecule has 1 aliphatic heterocycles. The number of rotatable bonds is 3. The third-order valence-electron chi connectivity index (χ3n) is 3.60. The van der Waals surface area contributed by atoms with Gasteiger partial charge in [-0.15, -0.1) is 0 Å². The monoisotopic (exact) mass is 261 g/mol. The number of carbonyl (C=O) groups excluding carboxylic acids is 2. The van der Waals surface area contributed by atoms with Crippen molar-refractivity contribution in [1.82, 2.24) is 15.2 Å². The lowest BCUT2D eigenvalue weighted by atomic mass is 9.95. The molecule has 0 aliphatic carbocycles. The molecule has 19 heavy (non-hydrogen) atoms. The number of carbonyl (C=O) groups is 2. The minimum absolute atomic E-state index is 0.0363. The first-order chi connectivity index (χ1) is 9.08. The Bertz CT molecular complexity index is 461. The number of piperidine rings is 1. The molecule has 0 bridgehead atoms. The molecule has 0 radical (unpaired) electrons. The fraction of sp³-hybridized carbons (Fsp3) is 0.500. The fourth-order valence-corrected chi connectivity index (χ4v) is 2.23. The second-order valence-electron chi connectivity index (χ2n) is 5.02. The first kappa shape index (κ1) is 13.5. The lowest BCUT2D eigenvalue weighted by Crippen LogP contribution is -2.42. The van der Waals surface area contributed by atoms with Crippen LogP contribution in [0.5, 0.6) is 0 Å². The van der Waals surface area contributed by atoms with Crippen molar-refractivity contribution >= 4 is 11.8 Å². The minimum atomic E-state index is -0.201. The van der Waals surface area contributed by atoms with E-state index in [0.29, 0.717) is 13.0 Å². The van der Waals surface area contributed by atoms with Crippen LogP contribution in [0.25, 0.3) is 0 Å². The Balaban J connectivity index is 1.93. The Kier molecular flexibility index (Phi) is 4.14. The Morgan fingerprint density at radius 3 is 2.79 bits per heavy atom. The van der Waals surface area contributed by atoms with Crippen LogP contribution in [0, 0.1) is 5.92 Å². The van der Waals surface area contributed by atoms with Gasteiger partial charge >= 0.3 is 0 Å². The molecule has 2 rings (SSSR count). The Morgan fingerprint density at radius 1 is 1.47 bits per heavy atom. The van der Waals surface area contributed by atoms with Gasteiger partial charge in [-0.1, -0.05) is 0 Å². The summed E-state index contributed by atoms with van der Waals surface area (Å²) in [6.45, 7) is 2.59. The van der Waals surface area contributed by atoms with Crippen molar-refractivity contribution in [3.05, 3.63) is 30.1 Å². The van der Waals surface area contributed by atoms with Crippen LogP contribution in [-0.4, -0.2) is 35.3 Å². The Hall–Kier alpha value is -1.91. The lowest BCUT2D eigenvalue weighted by Gasteiger charge is -2.28. The van der Waals surface area contributed by atoms with E-state index in [0.717, 1.165) is 12.0 Å².